The average Bonchev–Trinajstić information content (AvgIpc) is 3.10. The van der Waals surface area contributed by atoms with Gasteiger partial charge in [-0.05, 0) is 59.9 Å². The number of nitrogen functional groups attached to an aromatic ring is 1. The number of aliphatic carboxylic acids is 2. The van der Waals surface area contributed by atoms with Crippen LogP contribution in [0.4, 0.5) is 13.2 Å². The van der Waals surface area contributed by atoms with Crippen molar-refractivity contribution in [3.05, 3.63) is 83.4 Å². The number of benzene rings is 3. The van der Waals surface area contributed by atoms with E-state index in [4.69, 9.17) is 32.2 Å². The number of carbonyl (C=O) groups is 4. The van der Waals surface area contributed by atoms with Gasteiger partial charge in [0.2, 0.25) is 11.8 Å². The molecule has 16 heteroatoms. The lowest BCUT2D eigenvalue weighted by Gasteiger charge is -2.32. The first-order chi connectivity index (χ1) is 24.6. The second-order valence-corrected chi connectivity index (χ2v) is 12.5. The highest BCUT2D eigenvalue weighted by Crippen LogP contribution is 2.30. The molecule has 280 valence electrons. The SMILES string of the molecule is N=C(N)NCCC[C@H](NC(=O)[C@@H](NC(=O)[C@H](Cc1ccc(C(=N)N)cc1)c1ccc2ccccc2c1)C1CCCCC1)C(=O)O.O=C(O)C(F)(F)F. The Kier molecular flexibility index (Phi) is 15.0. The van der Waals surface area contributed by atoms with Crippen molar-refractivity contribution in [1.29, 1.82) is 10.8 Å². The van der Waals surface area contributed by atoms with Gasteiger partial charge in [0.15, 0.2) is 5.96 Å². The molecule has 3 aromatic carbocycles. The van der Waals surface area contributed by atoms with Crippen molar-refractivity contribution in [3.8, 4) is 0 Å². The molecule has 52 heavy (non-hydrogen) atoms. The van der Waals surface area contributed by atoms with E-state index in [1.54, 1.807) is 12.1 Å². The van der Waals surface area contributed by atoms with Crippen molar-refractivity contribution in [3.63, 3.8) is 0 Å². The van der Waals surface area contributed by atoms with Gasteiger partial charge in [-0.2, -0.15) is 13.2 Å². The lowest BCUT2D eigenvalue weighted by molar-refractivity contribution is -0.192. The van der Waals surface area contributed by atoms with Crippen molar-refractivity contribution in [2.24, 2.45) is 17.4 Å². The molecule has 0 spiro atoms. The molecule has 2 amide bonds. The number of rotatable bonds is 14. The summed E-state index contributed by atoms with van der Waals surface area (Å²) in [5.74, 6) is -5.75. The number of amides is 2. The maximum Gasteiger partial charge on any atom is 0.490 e. The molecule has 4 rings (SSSR count). The number of carbonyl (C=O) groups excluding carboxylic acids is 2. The summed E-state index contributed by atoms with van der Waals surface area (Å²) in [5, 5.41) is 42.3. The molecule has 0 aromatic heterocycles. The molecule has 13 nitrogen and oxygen atoms in total. The summed E-state index contributed by atoms with van der Waals surface area (Å²) in [5.41, 5.74) is 13.2. The van der Waals surface area contributed by atoms with Gasteiger partial charge >= 0.3 is 18.1 Å². The van der Waals surface area contributed by atoms with Crippen LogP contribution in [0.15, 0.2) is 66.7 Å². The largest absolute Gasteiger partial charge is 0.490 e. The van der Waals surface area contributed by atoms with Crippen LogP contribution in [-0.4, -0.2) is 70.6 Å². The lowest BCUT2D eigenvalue weighted by atomic mass is 9.82. The van der Waals surface area contributed by atoms with Crippen molar-refractivity contribution in [1.82, 2.24) is 16.0 Å². The number of fused-ring (bicyclic) bond motifs is 1. The van der Waals surface area contributed by atoms with E-state index < -0.39 is 42.0 Å². The van der Waals surface area contributed by atoms with Crippen LogP contribution < -0.4 is 27.4 Å². The predicted octanol–water partition coefficient (Wildman–Crippen LogP) is 3.98. The van der Waals surface area contributed by atoms with Crippen molar-refractivity contribution >= 4 is 46.3 Å². The van der Waals surface area contributed by atoms with Gasteiger partial charge in [-0.25, -0.2) is 9.59 Å². The maximum absolute atomic E-state index is 14.2. The lowest BCUT2D eigenvalue weighted by Crippen LogP contribution is -2.55. The fourth-order valence-corrected chi connectivity index (χ4v) is 6.01. The quantitative estimate of drug-likeness (QED) is 0.0661. The van der Waals surface area contributed by atoms with Gasteiger partial charge in [0.05, 0.1) is 5.92 Å². The van der Waals surface area contributed by atoms with E-state index in [1.165, 1.54) is 0 Å². The molecule has 1 aliphatic carbocycles. The zero-order valence-electron chi connectivity index (χ0n) is 28.3. The van der Waals surface area contributed by atoms with Gasteiger partial charge in [-0.3, -0.25) is 20.4 Å². The Balaban J connectivity index is 0.000000944. The van der Waals surface area contributed by atoms with E-state index in [9.17, 15) is 32.7 Å². The highest BCUT2D eigenvalue weighted by molar-refractivity contribution is 5.95. The summed E-state index contributed by atoms with van der Waals surface area (Å²) in [6, 6.07) is 19.0. The third-order valence-corrected chi connectivity index (χ3v) is 8.74. The van der Waals surface area contributed by atoms with Gasteiger partial charge < -0.3 is 37.6 Å². The van der Waals surface area contributed by atoms with Crippen LogP contribution in [0.2, 0.25) is 0 Å². The van der Waals surface area contributed by atoms with Crippen molar-refractivity contribution in [2.75, 3.05) is 6.54 Å². The predicted molar refractivity (Wildman–Crippen MR) is 189 cm³/mol. The number of halogens is 3. The van der Waals surface area contributed by atoms with Gasteiger partial charge in [0.25, 0.3) is 0 Å². The van der Waals surface area contributed by atoms with Crippen LogP contribution in [0.1, 0.15) is 67.6 Å². The topological polar surface area (TPSA) is 245 Å². The van der Waals surface area contributed by atoms with E-state index in [0.717, 1.165) is 54.0 Å². The molecule has 0 heterocycles. The number of nitrogens with one attached hydrogen (secondary N) is 5. The third kappa shape index (κ3) is 12.6. The smallest absolute Gasteiger partial charge is 0.480 e. The monoisotopic (exact) mass is 727 g/mol. The molecule has 11 N–H and O–H groups in total. The average molecular weight is 728 g/mol. The fraction of sp³-hybridized carbons (Fsp3) is 0.389. The Labute approximate surface area is 298 Å². The molecular weight excluding hydrogens is 683 g/mol. The zero-order valence-corrected chi connectivity index (χ0v) is 28.3. The molecule has 0 unspecified atom stereocenters. The molecule has 1 saturated carbocycles. The summed E-state index contributed by atoms with van der Waals surface area (Å²) in [6.45, 7) is 0.304. The summed E-state index contributed by atoms with van der Waals surface area (Å²) in [4.78, 5) is 48.9. The minimum absolute atomic E-state index is 0.0403. The summed E-state index contributed by atoms with van der Waals surface area (Å²) in [6.07, 6.45) is 0.210. The Morgan fingerprint density at radius 2 is 1.46 bits per heavy atom. The summed E-state index contributed by atoms with van der Waals surface area (Å²) < 4.78 is 31.7. The van der Waals surface area contributed by atoms with Crippen molar-refractivity contribution < 1.29 is 42.6 Å². The highest BCUT2D eigenvalue weighted by atomic mass is 19.4. The summed E-state index contributed by atoms with van der Waals surface area (Å²) in [7, 11) is 0. The van der Waals surface area contributed by atoms with Crippen LogP contribution in [0.5, 0.6) is 0 Å². The first-order valence-corrected chi connectivity index (χ1v) is 16.7. The molecule has 1 aliphatic rings. The number of hydrogen-bond acceptors (Lipinski definition) is 6. The number of amidine groups is 1. The van der Waals surface area contributed by atoms with E-state index in [0.29, 0.717) is 24.9 Å². The van der Waals surface area contributed by atoms with Crippen LogP contribution >= 0.6 is 0 Å². The Hall–Kier alpha value is -5.67. The van der Waals surface area contributed by atoms with Gasteiger partial charge in [0.1, 0.15) is 17.9 Å². The Bertz CT molecular complexity index is 1730. The van der Waals surface area contributed by atoms with E-state index in [1.807, 2.05) is 54.6 Å². The normalized spacial score (nSPS) is 14.8. The second kappa shape index (κ2) is 19.1. The molecular formula is C36H44F3N7O6. The van der Waals surface area contributed by atoms with E-state index in [2.05, 4.69) is 16.0 Å². The molecule has 1 fully saturated rings. The number of guanidine groups is 1. The summed E-state index contributed by atoms with van der Waals surface area (Å²) >= 11 is 0. The van der Waals surface area contributed by atoms with Gasteiger partial charge in [-0.15, -0.1) is 0 Å². The minimum Gasteiger partial charge on any atom is -0.480 e. The Morgan fingerprint density at radius 1 is 0.846 bits per heavy atom. The molecule has 3 atom stereocenters. The van der Waals surface area contributed by atoms with Gasteiger partial charge in [-0.1, -0.05) is 86.0 Å². The van der Waals surface area contributed by atoms with E-state index in [-0.39, 0.29) is 30.0 Å². The number of carboxylic acid groups (broad SMARTS) is 2. The molecule has 0 aliphatic heterocycles. The standard InChI is InChI=1S/C34H43N7O4.C2HF3O2/c35-30(36)24-14-12-21(13-15-24)19-27(26-17-16-22-7-4-5-10-25(22)20-26)31(42)41-29(23-8-2-1-3-9-23)32(43)40-28(33(44)45)11-6-18-39-34(37)38;3-2(4,5)1(6)7/h4-5,7,10,12-17,20,23,27-29H,1-3,6,8-9,11,18-19H2,(H3,35,36)(H,40,43)(H,41,42)(H,44,45)(H4,37,38,39);(H,6,7)/t27-,28+,29+;/m1./s1. The number of nitrogens with two attached hydrogens (primary N) is 2. The van der Waals surface area contributed by atoms with Crippen LogP contribution in [-0.2, 0) is 25.6 Å². The van der Waals surface area contributed by atoms with E-state index >= 15 is 0 Å². The second-order valence-electron chi connectivity index (χ2n) is 12.5. The number of carboxylic acids is 2. The highest BCUT2D eigenvalue weighted by Gasteiger charge is 2.38. The molecule has 0 radical (unpaired) electrons. The number of hydrogen-bond donors (Lipinski definition) is 9. The first-order valence-electron chi connectivity index (χ1n) is 16.7. The number of alkyl halides is 3. The maximum atomic E-state index is 14.2. The van der Waals surface area contributed by atoms with Crippen LogP contribution in [0.3, 0.4) is 0 Å². The molecule has 0 saturated heterocycles. The zero-order chi connectivity index (χ0) is 38.4. The third-order valence-electron chi connectivity index (χ3n) is 8.74. The first kappa shape index (κ1) is 40.8. The fourth-order valence-electron chi connectivity index (χ4n) is 6.01. The van der Waals surface area contributed by atoms with Crippen LogP contribution in [0.25, 0.3) is 10.8 Å². The minimum atomic E-state index is -5.08. The molecule has 3 aromatic rings. The Morgan fingerprint density at radius 3 is 2.02 bits per heavy atom. The van der Waals surface area contributed by atoms with Gasteiger partial charge in [0, 0.05) is 12.1 Å². The van der Waals surface area contributed by atoms with Crippen molar-refractivity contribution in [2.45, 2.75) is 75.5 Å². The molecule has 0 bridgehead atoms. The van der Waals surface area contributed by atoms with Crippen LogP contribution in [0, 0.1) is 16.7 Å².